The zero-order valence-corrected chi connectivity index (χ0v) is 12.2. The molecule has 0 aliphatic heterocycles. The van der Waals surface area contributed by atoms with Crippen LogP contribution in [-0.2, 0) is 0 Å². The summed E-state index contributed by atoms with van der Waals surface area (Å²) in [7, 11) is 0. The topological polar surface area (TPSA) is 23.1 Å². The van der Waals surface area contributed by atoms with Gasteiger partial charge in [-0.25, -0.2) is 0 Å². The van der Waals surface area contributed by atoms with Crippen molar-refractivity contribution < 1.29 is 34.7 Å². The normalized spacial score (nSPS) is 25.2. The van der Waals surface area contributed by atoms with Crippen LogP contribution in [0.15, 0.2) is 0 Å². The minimum Gasteiger partial charge on any atom is -0.852 e. The van der Waals surface area contributed by atoms with Crippen LogP contribution in [-0.4, -0.2) is 6.10 Å². The van der Waals surface area contributed by atoms with E-state index in [1.54, 1.807) is 0 Å². The van der Waals surface area contributed by atoms with Crippen LogP contribution < -0.4 is 34.7 Å². The third-order valence-corrected chi connectivity index (χ3v) is 4.23. The molecule has 0 N–H and O–H groups in total. The molecule has 0 aromatic rings. The molecule has 2 aliphatic rings. The predicted octanol–water partition coefficient (Wildman–Crippen LogP) is -0.120. The quantitative estimate of drug-likeness (QED) is 0.593. The van der Waals surface area contributed by atoms with E-state index in [0.29, 0.717) is 11.8 Å². The molecule has 0 aromatic carbocycles. The molecule has 0 amide bonds. The summed E-state index contributed by atoms with van der Waals surface area (Å²) >= 11 is 0. The Kier molecular flexibility index (Phi) is 6.84. The molecule has 0 atom stereocenters. The van der Waals surface area contributed by atoms with Crippen molar-refractivity contribution in [2.45, 2.75) is 70.3 Å². The van der Waals surface area contributed by atoms with Crippen molar-refractivity contribution in [2.24, 2.45) is 11.8 Å². The second kappa shape index (κ2) is 7.32. The Balaban J connectivity index is 0.00000112. The maximum Gasteiger partial charge on any atom is 1.00 e. The molecule has 2 heteroatoms. The molecule has 0 aromatic heterocycles. The number of hydrogen-bond donors (Lipinski definition) is 0. The van der Waals surface area contributed by atoms with Crippen molar-refractivity contribution in [3.05, 3.63) is 0 Å². The third kappa shape index (κ3) is 4.03. The molecule has 82 valence electrons. The fourth-order valence-corrected chi connectivity index (χ4v) is 3.31. The molecule has 15 heavy (non-hydrogen) atoms. The minimum atomic E-state index is -0.212. The Morgan fingerprint density at radius 1 is 0.667 bits per heavy atom. The van der Waals surface area contributed by atoms with Gasteiger partial charge in [-0.3, -0.25) is 0 Å². The van der Waals surface area contributed by atoms with Crippen molar-refractivity contribution in [3.8, 4) is 0 Å². The van der Waals surface area contributed by atoms with Gasteiger partial charge in [0.2, 0.25) is 0 Å². The summed E-state index contributed by atoms with van der Waals surface area (Å²) in [5.41, 5.74) is 0. The minimum absolute atomic E-state index is 0. The molecule has 0 heterocycles. The van der Waals surface area contributed by atoms with E-state index in [1.165, 1.54) is 64.2 Å². The average Bonchev–Trinajstić information content (AvgIpc) is 2.30. The van der Waals surface area contributed by atoms with Crippen LogP contribution in [0.3, 0.4) is 0 Å². The first-order valence-electron chi connectivity index (χ1n) is 6.54. The van der Waals surface area contributed by atoms with Gasteiger partial charge >= 0.3 is 29.6 Å². The van der Waals surface area contributed by atoms with Crippen LogP contribution in [0.4, 0.5) is 0 Å². The van der Waals surface area contributed by atoms with Crippen molar-refractivity contribution in [1.82, 2.24) is 0 Å². The van der Waals surface area contributed by atoms with E-state index in [9.17, 15) is 5.11 Å². The first-order chi connectivity index (χ1) is 6.88. The fourth-order valence-electron chi connectivity index (χ4n) is 3.31. The van der Waals surface area contributed by atoms with Gasteiger partial charge in [-0.05, 0) is 0 Å². The first-order valence-corrected chi connectivity index (χ1v) is 6.54. The maximum atomic E-state index is 12.2. The van der Waals surface area contributed by atoms with Gasteiger partial charge in [-0.2, -0.15) is 0 Å². The molecule has 2 fully saturated rings. The molecule has 0 unspecified atom stereocenters. The van der Waals surface area contributed by atoms with Gasteiger partial charge in [0, 0.05) is 0 Å². The predicted molar refractivity (Wildman–Crippen MR) is 56.9 cm³/mol. The van der Waals surface area contributed by atoms with Crippen molar-refractivity contribution >= 4 is 0 Å². The Morgan fingerprint density at radius 3 is 1.33 bits per heavy atom. The summed E-state index contributed by atoms with van der Waals surface area (Å²) < 4.78 is 0. The van der Waals surface area contributed by atoms with Gasteiger partial charge in [0.15, 0.2) is 0 Å². The SMILES string of the molecule is [Na+].[O-]C(C1CCCCC1)C1CCCCC1. The Labute approximate surface area is 116 Å². The molecule has 2 saturated carbocycles. The van der Waals surface area contributed by atoms with Gasteiger partial charge in [-0.1, -0.05) is 76.0 Å². The summed E-state index contributed by atoms with van der Waals surface area (Å²) in [4.78, 5) is 0. The van der Waals surface area contributed by atoms with Crippen LogP contribution in [0.2, 0.25) is 0 Å². The van der Waals surface area contributed by atoms with Crippen molar-refractivity contribution in [2.75, 3.05) is 0 Å². The van der Waals surface area contributed by atoms with E-state index in [4.69, 9.17) is 0 Å². The van der Waals surface area contributed by atoms with Crippen LogP contribution in [0.1, 0.15) is 64.2 Å². The largest absolute Gasteiger partial charge is 1.00 e. The van der Waals surface area contributed by atoms with Gasteiger partial charge in [0.05, 0.1) is 0 Å². The fraction of sp³-hybridized carbons (Fsp3) is 1.00. The summed E-state index contributed by atoms with van der Waals surface area (Å²) in [6.07, 6.45) is 12.7. The standard InChI is InChI=1S/C13H23O.Na/c14-13(11-7-3-1-4-8-11)12-9-5-2-6-10-12;/h11-13H,1-10H2;/q-1;+1. The third-order valence-electron chi connectivity index (χ3n) is 4.23. The average molecular weight is 218 g/mol. The summed E-state index contributed by atoms with van der Waals surface area (Å²) in [6.45, 7) is 0. The molecule has 0 bridgehead atoms. The van der Waals surface area contributed by atoms with Gasteiger partial charge < -0.3 is 5.11 Å². The zero-order chi connectivity index (χ0) is 9.80. The Morgan fingerprint density at radius 2 is 1.00 bits per heavy atom. The molecule has 0 saturated heterocycles. The first kappa shape index (κ1) is 14.0. The summed E-state index contributed by atoms with van der Waals surface area (Å²) in [5.74, 6) is 1.07. The van der Waals surface area contributed by atoms with E-state index >= 15 is 0 Å². The van der Waals surface area contributed by atoms with Crippen molar-refractivity contribution in [1.29, 1.82) is 0 Å². The van der Waals surface area contributed by atoms with Gasteiger partial charge in [0.25, 0.3) is 0 Å². The van der Waals surface area contributed by atoms with E-state index in [2.05, 4.69) is 0 Å². The van der Waals surface area contributed by atoms with E-state index in [1.807, 2.05) is 0 Å². The van der Waals surface area contributed by atoms with Crippen molar-refractivity contribution in [3.63, 3.8) is 0 Å². The number of hydrogen-bond acceptors (Lipinski definition) is 1. The molecule has 0 spiro atoms. The molecular weight excluding hydrogens is 195 g/mol. The van der Waals surface area contributed by atoms with Crippen LogP contribution in [0.5, 0.6) is 0 Å². The molecular formula is C13H23NaO. The maximum absolute atomic E-state index is 12.2. The van der Waals surface area contributed by atoms with Crippen LogP contribution in [0, 0.1) is 11.8 Å². The Hall–Kier alpha value is 0.960. The van der Waals surface area contributed by atoms with E-state index in [0.717, 1.165) is 0 Å². The second-order valence-corrected chi connectivity index (χ2v) is 5.26. The molecule has 2 rings (SSSR count). The van der Waals surface area contributed by atoms with Gasteiger partial charge in [0.1, 0.15) is 0 Å². The van der Waals surface area contributed by atoms with E-state index in [-0.39, 0.29) is 35.7 Å². The summed E-state index contributed by atoms with van der Waals surface area (Å²) in [5, 5.41) is 12.2. The molecule has 2 aliphatic carbocycles. The second-order valence-electron chi connectivity index (χ2n) is 5.26. The van der Waals surface area contributed by atoms with Crippen LogP contribution in [0.25, 0.3) is 0 Å². The van der Waals surface area contributed by atoms with Crippen LogP contribution >= 0.6 is 0 Å². The Bertz CT molecular complexity index is 142. The monoisotopic (exact) mass is 218 g/mol. The van der Waals surface area contributed by atoms with Gasteiger partial charge in [-0.15, -0.1) is 6.10 Å². The number of rotatable bonds is 2. The van der Waals surface area contributed by atoms with E-state index < -0.39 is 0 Å². The zero-order valence-electron chi connectivity index (χ0n) is 10.2. The smallest absolute Gasteiger partial charge is 0.852 e. The molecule has 1 nitrogen and oxygen atoms in total. The summed E-state index contributed by atoms with van der Waals surface area (Å²) in [6, 6.07) is 0. The molecule has 0 radical (unpaired) electrons.